The fraction of sp³-hybridized carbons (Fsp3) is 0. The molecule has 4 aromatic carbocycles. The number of azo groups is 1. The summed E-state index contributed by atoms with van der Waals surface area (Å²) in [6.07, 6.45) is 0. The van der Waals surface area contributed by atoms with Crippen LogP contribution in [0.25, 0.3) is 21.5 Å². The van der Waals surface area contributed by atoms with Crippen LogP contribution < -0.4 is 123 Å². The zero-order valence-corrected chi connectivity index (χ0v) is 34.6. The van der Waals surface area contributed by atoms with Gasteiger partial charge in [0, 0.05) is 4.90 Å². The molecule has 0 aromatic heterocycles. The maximum absolute atomic E-state index is 12.0. The Bertz CT molecular complexity index is 2110. The molecule has 0 saturated carbocycles. The van der Waals surface area contributed by atoms with Crippen molar-refractivity contribution in [3.8, 4) is 17.2 Å². The first-order valence-corrected chi connectivity index (χ1v) is 15.1. The van der Waals surface area contributed by atoms with Gasteiger partial charge in [-0.05, 0) is 53.2 Å². The van der Waals surface area contributed by atoms with E-state index in [-0.39, 0.29) is 141 Å². The summed E-state index contributed by atoms with van der Waals surface area (Å²) >= 11 is 0.287. The summed E-state index contributed by atoms with van der Waals surface area (Å²) in [6, 6.07) is 5.01. The topological polar surface area (TPSA) is 299 Å². The number of aromatic hydroxyl groups is 3. The van der Waals surface area contributed by atoms with Crippen molar-refractivity contribution in [3.05, 3.63) is 42.5 Å². The van der Waals surface area contributed by atoms with Crippen molar-refractivity contribution in [2.45, 2.75) is 19.6 Å². The molecule has 4 rings (SSSR count). The van der Waals surface area contributed by atoms with Gasteiger partial charge in [0.05, 0.1) is 43.2 Å². The summed E-state index contributed by atoms with van der Waals surface area (Å²) < 4.78 is 110. The van der Waals surface area contributed by atoms with E-state index in [1.54, 1.807) is 0 Å². The van der Waals surface area contributed by atoms with E-state index in [2.05, 4.69) is 19.6 Å². The second kappa shape index (κ2) is 17.3. The van der Waals surface area contributed by atoms with Gasteiger partial charge in [0.15, 0.2) is 5.75 Å². The normalized spacial score (nSPS) is 11.8. The molecule has 0 unspecified atom stereocenters. The van der Waals surface area contributed by atoms with Crippen LogP contribution in [0.15, 0.2) is 72.3 Å². The Labute approximate surface area is 346 Å². The number of hydrogen-bond acceptors (Lipinski definition) is 18. The molecule has 0 heterocycles. The third-order valence-corrected chi connectivity index (χ3v) is 8.35. The second-order valence-electron chi connectivity index (χ2n) is 7.88. The average Bonchev–Trinajstić information content (AvgIpc) is 2.84. The summed E-state index contributed by atoms with van der Waals surface area (Å²) in [7, 11) is -15.9. The zero-order chi connectivity index (χ0) is 30.5. The fourth-order valence-electron chi connectivity index (χ4n) is 3.72. The van der Waals surface area contributed by atoms with Gasteiger partial charge < -0.3 is 34.2 Å². The molecule has 218 valence electrons. The molecule has 3 N–H and O–H groups in total. The fourth-order valence-corrected chi connectivity index (χ4v) is 5.86. The molecule has 0 amide bonds. The van der Waals surface area contributed by atoms with Crippen molar-refractivity contribution >= 4 is 75.3 Å². The third-order valence-electron chi connectivity index (χ3n) is 5.32. The van der Waals surface area contributed by atoms with E-state index in [1.165, 1.54) is 0 Å². The molecule has 45 heavy (non-hydrogen) atoms. The number of benzene rings is 4. The minimum atomic E-state index is -5.45. The van der Waals surface area contributed by atoms with Gasteiger partial charge in [-0.3, -0.25) is 5.04 Å². The van der Waals surface area contributed by atoms with Gasteiger partial charge in [0.1, 0.15) is 47.5 Å². The number of fused-ring (bicyclic) bond motifs is 2. The van der Waals surface area contributed by atoms with Gasteiger partial charge in [-0.1, -0.05) is 0 Å². The van der Waals surface area contributed by atoms with Crippen LogP contribution in [0.2, 0.25) is 0 Å². The second-order valence-corrected chi connectivity index (χ2v) is 12.8. The smallest absolute Gasteiger partial charge is 0.744 e. The molecule has 0 atom stereocenters. The summed E-state index contributed by atoms with van der Waals surface area (Å²) in [5.41, 5.74) is -1.77. The van der Waals surface area contributed by atoms with E-state index >= 15 is 0 Å². The first-order chi connectivity index (χ1) is 18.9. The average molecular weight is 739 g/mol. The Morgan fingerprint density at radius 1 is 0.644 bits per heavy atom. The van der Waals surface area contributed by atoms with Crippen molar-refractivity contribution < 1.29 is 187 Å². The molecule has 0 spiro atoms. The molecule has 0 aliphatic carbocycles. The van der Waals surface area contributed by atoms with Gasteiger partial charge >= 0.3 is 118 Å². The SMILES string of the molecule is O=S(=O)([O-])c1cc(O)c2c(N=Nc3c(S(=O)(=O)[O-])cc4cc(SOO[O-])cc(O)c4c3O)cc(S(=O)(=O)[O-])cc2c1.[Na+].[Na+].[Na+].[Na+]. The van der Waals surface area contributed by atoms with E-state index in [0.717, 1.165) is 12.1 Å². The van der Waals surface area contributed by atoms with Gasteiger partial charge in [-0.15, -0.1) is 10.2 Å². The van der Waals surface area contributed by atoms with Crippen LogP contribution in [-0.4, -0.2) is 54.2 Å². The van der Waals surface area contributed by atoms with Gasteiger partial charge in [0.2, 0.25) is 0 Å². The van der Waals surface area contributed by atoms with Crippen molar-refractivity contribution in [3.63, 3.8) is 0 Å². The van der Waals surface area contributed by atoms with Crippen LogP contribution in [-0.2, 0) is 39.7 Å². The zero-order valence-electron chi connectivity index (χ0n) is 23.3. The summed E-state index contributed by atoms with van der Waals surface area (Å²) in [5.74, 6) is -2.79. The molecule has 17 nitrogen and oxygen atoms in total. The van der Waals surface area contributed by atoms with E-state index in [9.17, 15) is 59.5 Å². The van der Waals surface area contributed by atoms with Crippen LogP contribution in [0.3, 0.4) is 0 Å². The summed E-state index contributed by atoms with van der Waals surface area (Å²) in [5, 5.41) is 50.2. The first-order valence-electron chi connectivity index (χ1n) is 10.2. The number of nitrogens with zero attached hydrogens (tertiary/aromatic N) is 2. The summed E-state index contributed by atoms with van der Waals surface area (Å²) in [6.45, 7) is 0. The minimum Gasteiger partial charge on any atom is -0.744 e. The third kappa shape index (κ3) is 10.4. The number of rotatable bonds is 8. The maximum atomic E-state index is 12.0. The molecule has 0 bridgehead atoms. The Kier molecular flexibility index (Phi) is 17.5. The Balaban J connectivity index is 0.00000484. The van der Waals surface area contributed by atoms with Crippen LogP contribution in [0.5, 0.6) is 17.2 Å². The molecule has 0 aliphatic rings. The molecular weight excluding hydrogens is 728 g/mol. The van der Waals surface area contributed by atoms with E-state index in [4.69, 9.17) is 0 Å². The van der Waals surface area contributed by atoms with Gasteiger partial charge in [-0.2, -0.15) is 4.33 Å². The van der Waals surface area contributed by atoms with E-state index < -0.39 is 89.8 Å². The summed E-state index contributed by atoms with van der Waals surface area (Å²) in [4.78, 5) is -3.27. The largest absolute Gasteiger partial charge is 1.00 e. The van der Waals surface area contributed by atoms with Crippen molar-refractivity contribution in [2.75, 3.05) is 0 Å². The van der Waals surface area contributed by atoms with Crippen molar-refractivity contribution in [1.29, 1.82) is 0 Å². The van der Waals surface area contributed by atoms with Crippen molar-refractivity contribution in [1.82, 2.24) is 0 Å². The molecule has 0 aliphatic heterocycles. The predicted molar refractivity (Wildman–Crippen MR) is 129 cm³/mol. The molecule has 0 radical (unpaired) electrons. The minimum absolute atomic E-state index is 0. The number of phenols is 3. The van der Waals surface area contributed by atoms with Crippen LogP contribution in [0.1, 0.15) is 0 Å². The molecule has 0 fully saturated rings. The van der Waals surface area contributed by atoms with Crippen LogP contribution in [0.4, 0.5) is 11.4 Å². The standard InChI is InChI=1S/C20H14N2O15S4.4Na/c23-14-5-10(38-37-36-26)1-8-4-16(41(33,34)35)19(20(25)18(8)14)22-21-13-6-11(39(27,28)29)2-9-3-12(40(30,31)32)7-15(24)17(9)13;;;;/h1-7,23-26H,(H,27,28,29)(H,30,31,32)(H,33,34,35);;;;/q;4*+1/p-4. The maximum Gasteiger partial charge on any atom is 1.00 e. The molecule has 25 heteroatoms. The van der Waals surface area contributed by atoms with Gasteiger partial charge in [-0.25, -0.2) is 25.3 Å². The Morgan fingerprint density at radius 3 is 1.67 bits per heavy atom. The monoisotopic (exact) mass is 738 g/mol. The molecular formula is C20H10N2Na4O15S4. The van der Waals surface area contributed by atoms with Crippen LogP contribution in [0, 0.1) is 0 Å². The van der Waals surface area contributed by atoms with Crippen molar-refractivity contribution in [2.24, 2.45) is 10.2 Å². The van der Waals surface area contributed by atoms with E-state index in [1.807, 2.05) is 0 Å². The first kappa shape index (κ1) is 45.4. The Hall–Kier alpha value is 0.360. The van der Waals surface area contributed by atoms with E-state index in [0.29, 0.717) is 30.3 Å². The quantitative estimate of drug-likeness (QED) is 0.0377. The van der Waals surface area contributed by atoms with Crippen LogP contribution >= 0.6 is 12.0 Å². The Morgan fingerprint density at radius 2 is 1.16 bits per heavy atom. The molecule has 0 saturated heterocycles. The van der Waals surface area contributed by atoms with Gasteiger partial charge in [0.25, 0.3) is 0 Å². The predicted octanol–water partition coefficient (Wildman–Crippen LogP) is -10.5. The molecule has 4 aromatic rings. The number of hydrogen-bond donors (Lipinski definition) is 3. The number of phenolic OH excluding ortho intramolecular Hbond substituents is 3.